The van der Waals surface area contributed by atoms with Gasteiger partial charge in [-0.25, -0.2) is 4.68 Å². The molecule has 0 saturated heterocycles. The Bertz CT molecular complexity index is 719. The number of hydrogen-bond donors (Lipinski definition) is 0. The topological polar surface area (TPSA) is 82.4 Å². The molecule has 0 unspecified atom stereocenters. The Labute approximate surface area is 145 Å². The van der Waals surface area contributed by atoms with E-state index < -0.39 is 0 Å². The summed E-state index contributed by atoms with van der Waals surface area (Å²) in [5.41, 5.74) is 2.05. The molecule has 2 rings (SSSR count). The van der Waals surface area contributed by atoms with E-state index in [-0.39, 0.29) is 11.7 Å². The number of methoxy groups -OCH3 is 2. The molecule has 0 N–H and O–H groups in total. The molecular formula is C15H21N5O3S. The summed E-state index contributed by atoms with van der Waals surface area (Å²) in [4.78, 5) is 14.0. The molecule has 0 radical (unpaired) electrons. The van der Waals surface area contributed by atoms with Gasteiger partial charge in [-0.3, -0.25) is 4.79 Å². The van der Waals surface area contributed by atoms with Gasteiger partial charge in [0.2, 0.25) is 11.1 Å². The molecule has 2 aromatic rings. The number of aromatic nitrogens is 4. The number of benzene rings is 1. The molecule has 0 bridgehead atoms. The van der Waals surface area contributed by atoms with E-state index in [1.807, 2.05) is 19.1 Å². The van der Waals surface area contributed by atoms with Crippen LogP contribution in [0.25, 0.3) is 0 Å². The van der Waals surface area contributed by atoms with E-state index in [1.54, 1.807) is 33.2 Å². The molecule has 1 amide bonds. The summed E-state index contributed by atoms with van der Waals surface area (Å²) in [6, 6.07) is 3.81. The van der Waals surface area contributed by atoms with E-state index in [0.717, 1.165) is 11.1 Å². The van der Waals surface area contributed by atoms with E-state index in [2.05, 4.69) is 15.5 Å². The molecule has 0 aliphatic heterocycles. The SMILES string of the molecule is COc1cc(C)c(CN(C)C(=O)CSc2nnnn2C)cc1OC. The Kier molecular flexibility index (Phi) is 6.02. The minimum atomic E-state index is -0.00261. The third-order valence-corrected chi connectivity index (χ3v) is 4.58. The summed E-state index contributed by atoms with van der Waals surface area (Å²) in [6.07, 6.45) is 0. The van der Waals surface area contributed by atoms with E-state index >= 15 is 0 Å². The number of tetrazole rings is 1. The fourth-order valence-electron chi connectivity index (χ4n) is 2.12. The van der Waals surface area contributed by atoms with Crippen molar-refractivity contribution in [2.75, 3.05) is 27.0 Å². The van der Waals surface area contributed by atoms with Crippen molar-refractivity contribution in [2.45, 2.75) is 18.6 Å². The zero-order chi connectivity index (χ0) is 17.7. The summed E-state index contributed by atoms with van der Waals surface area (Å²) in [7, 11) is 6.71. The van der Waals surface area contributed by atoms with Crippen LogP contribution in [0.4, 0.5) is 0 Å². The van der Waals surface area contributed by atoms with Gasteiger partial charge in [0, 0.05) is 20.6 Å². The number of hydrogen-bond acceptors (Lipinski definition) is 7. The molecule has 9 heteroatoms. The lowest BCUT2D eigenvalue weighted by Gasteiger charge is -2.19. The zero-order valence-electron chi connectivity index (χ0n) is 14.4. The number of carbonyl (C=O) groups excluding carboxylic acids is 1. The molecule has 0 spiro atoms. The standard InChI is InChI=1S/C15H21N5O3S/c1-10-6-12(22-4)13(23-5)7-11(10)8-19(2)14(21)9-24-15-16-17-18-20(15)3/h6-7H,8-9H2,1-5H3. The third kappa shape index (κ3) is 4.16. The molecule has 1 heterocycles. The van der Waals surface area contributed by atoms with E-state index in [4.69, 9.17) is 9.47 Å². The van der Waals surface area contributed by atoms with Gasteiger partial charge < -0.3 is 14.4 Å². The number of amides is 1. The maximum absolute atomic E-state index is 12.3. The van der Waals surface area contributed by atoms with Crippen LogP contribution >= 0.6 is 11.8 Å². The fourth-order valence-corrected chi connectivity index (χ4v) is 2.91. The highest BCUT2D eigenvalue weighted by atomic mass is 32.2. The maximum Gasteiger partial charge on any atom is 0.233 e. The minimum absolute atomic E-state index is 0.00261. The lowest BCUT2D eigenvalue weighted by Crippen LogP contribution is -2.28. The van der Waals surface area contributed by atoms with Gasteiger partial charge in [-0.15, -0.1) is 5.10 Å². The Morgan fingerprint density at radius 1 is 1.29 bits per heavy atom. The maximum atomic E-state index is 12.3. The molecule has 1 aromatic heterocycles. The number of ether oxygens (including phenoxy) is 2. The lowest BCUT2D eigenvalue weighted by molar-refractivity contribution is -0.127. The van der Waals surface area contributed by atoms with Crippen LogP contribution in [0, 0.1) is 6.92 Å². The van der Waals surface area contributed by atoms with Crippen LogP contribution in [0.5, 0.6) is 11.5 Å². The van der Waals surface area contributed by atoms with Crippen LogP contribution in [0.1, 0.15) is 11.1 Å². The number of thioether (sulfide) groups is 1. The van der Waals surface area contributed by atoms with Crippen LogP contribution in [0.3, 0.4) is 0 Å². The highest BCUT2D eigenvalue weighted by Gasteiger charge is 2.15. The molecule has 1 aromatic carbocycles. The van der Waals surface area contributed by atoms with Crippen molar-refractivity contribution in [3.8, 4) is 11.5 Å². The minimum Gasteiger partial charge on any atom is -0.493 e. The Morgan fingerprint density at radius 2 is 1.96 bits per heavy atom. The predicted octanol–water partition coefficient (Wildman–Crippen LogP) is 1.29. The van der Waals surface area contributed by atoms with Crippen LogP contribution in [0.2, 0.25) is 0 Å². The lowest BCUT2D eigenvalue weighted by atomic mass is 10.1. The normalized spacial score (nSPS) is 10.5. The smallest absolute Gasteiger partial charge is 0.233 e. The second-order valence-electron chi connectivity index (χ2n) is 5.26. The molecule has 0 aliphatic carbocycles. The van der Waals surface area contributed by atoms with Gasteiger partial charge in [-0.2, -0.15) is 0 Å². The van der Waals surface area contributed by atoms with Crippen molar-refractivity contribution in [1.82, 2.24) is 25.1 Å². The molecule has 130 valence electrons. The van der Waals surface area contributed by atoms with Gasteiger partial charge >= 0.3 is 0 Å². The fraction of sp³-hybridized carbons (Fsp3) is 0.467. The van der Waals surface area contributed by atoms with Crippen molar-refractivity contribution in [3.63, 3.8) is 0 Å². The predicted molar refractivity (Wildman–Crippen MR) is 90.3 cm³/mol. The van der Waals surface area contributed by atoms with E-state index in [1.165, 1.54) is 16.4 Å². The summed E-state index contributed by atoms with van der Waals surface area (Å²) in [6.45, 7) is 2.47. The van der Waals surface area contributed by atoms with Crippen LogP contribution < -0.4 is 9.47 Å². The highest BCUT2D eigenvalue weighted by molar-refractivity contribution is 7.99. The summed E-state index contributed by atoms with van der Waals surface area (Å²) in [5.74, 6) is 1.60. The van der Waals surface area contributed by atoms with E-state index in [0.29, 0.717) is 23.2 Å². The second kappa shape index (κ2) is 8.00. The van der Waals surface area contributed by atoms with Crippen molar-refractivity contribution < 1.29 is 14.3 Å². The molecule has 8 nitrogen and oxygen atoms in total. The van der Waals surface area contributed by atoms with E-state index in [9.17, 15) is 4.79 Å². The molecule has 24 heavy (non-hydrogen) atoms. The quantitative estimate of drug-likeness (QED) is 0.695. The molecule has 0 atom stereocenters. The van der Waals surface area contributed by atoms with Gasteiger partial charge in [0.25, 0.3) is 0 Å². The summed E-state index contributed by atoms with van der Waals surface area (Å²) < 4.78 is 12.1. The van der Waals surface area contributed by atoms with Gasteiger partial charge in [0.05, 0.1) is 20.0 Å². The summed E-state index contributed by atoms with van der Waals surface area (Å²) in [5, 5.41) is 11.7. The first-order valence-electron chi connectivity index (χ1n) is 7.26. The highest BCUT2D eigenvalue weighted by Crippen LogP contribution is 2.30. The Morgan fingerprint density at radius 3 is 2.54 bits per heavy atom. The van der Waals surface area contributed by atoms with Crippen molar-refractivity contribution >= 4 is 17.7 Å². The van der Waals surface area contributed by atoms with Crippen molar-refractivity contribution in [3.05, 3.63) is 23.3 Å². The van der Waals surface area contributed by atoms with Gasteiger partial charge in [0.15, 0.2) is 11.5 Å². The second-order valence-corrected chi connectivity index (χ2v) is 6.20. The summed E-state index contributed by atoms with van der Waals surface area (Å²) >= 11 is 1.31. The Balaban J connectivity index is 2.02. The Hall–Kier alpha value is -2.29. The molecular weight excluding hydrogens is 330 g/mol. The molecule has 0 aliphatic rings. The average Bonchev–Trinajstić information content (AvgIpc) is 2.98. The average molecular weight is 351 g/mol. The van der Waals surface area contributed by atoms with Gasteiger partial charge in [-0.05, 0) is 40.6 Å². The monoisotopic (exact) mass is 351 g/mol. The first kappa shape index (κ1) is 18.1. The van der Waals surface area contributed by atoms with Crippen LogP contribution in [0.15, 0.2) is 17.3 Å². The third-order valence-electron chi connectivity index (χ3n) is 3.58. The van der Waals surface area contributed by atoms with Crippen LogP contribution in [-0.2, 0) is 18.4 Å². The van der Waals surface area contributed by atoms with Gasteiger partial charge in [-0.1, -0.05) is 11.8 Å². The number of nitrogens with zero attached hydrogens (tertiary/aromatic N) is 5. The van der Waals surface area contributed by atoms with Crippen LogP contribution in [-0.4, -0.2) is 58.0 Å². The largest absolute Gasteiger partial charge is 0.493 e. The first-order valence-corrected chi connectivity index (χ1v) is 8.25. The number of carbonyl (C=O) groups is 1. The van der Waals surface area contributed by atoms with Gasteiger partial charge in [0.1, 0.15) is 0 Å². The number of rotatable bonds is 7. The van der Waals surface area contributed by atoms with Crippen molar-refractivity contribution in [1.29, 1.82) is 0 Å². The first-order chi connectivity index (χ1) is 11.5. The molecule has 0 fully saturated rings. The zero-order valence-corrected chi connectivity index (χ0v) is 15.3. The van der Waals surface area contributed by atoms with Crippen molar-refractivity contribution in [2.24, 2.45) is 7.05 Å². The number of aryl methyl sites for hydroxylation is 2. The molecule has 0 saturated carbocycles.